The van der Waals surface area contributed by atoms with Crippen molar-refractivity contribution in [2.75, 3.05) is 13.2 Å². The summed E-state index contributed by atoms with van der Waals surface area (Å²) in [7, 11) is 0. The molecule has 21 heavy (non-hydrogen) atoms. The van der Waals surface area contributed by atoms with Gasteiger partial charge in [0.25, 0.3) is 0 Å². The summed E-state index contributed by atoms with van der Waals surface area (Å²) in [6, 6.07) is 15.2. The Kier molecular flexibility index (Phi) is 6.22. The first-order valence-corrected chi connectivity index (χ1v) is 7.44. The lowest BCUT2D eigenvalue weighted by Gasteiger charge is -2.08. The second-order valence-electron chi connectivity index (χ2n) is 5.13. The van der Waals surface area contributed by atoms with E-state index in [9.17, 15) is 4.39 Å². The Labute approximate surface area is 125 Å². The summed E-state index contributed by atoms with van der Waals surface area (Å²) in [5, 5.41) is 0. The summed E-state index contributed by atoms with van der Waals surface area (Å²) < 4.78 is 19.1. The Bertz CT molecular complexity index is 542. The van der Waals surface area contributed by atoms with Gasteiger partial charge in [-0.25, -0.2) is 4.39 Å². The van der Waals surface area contributed by atoms with E-state index in [0.717, 1.165) is 24.8 Å². The lowest BCUT2D eigenvalue weighted by atomic mass is 10.1. The number of hydrogen-bond acceptors (Lipinski definition) is 2. The number of unbranched alkanes of at least 4 members (excludes halogenated alkanes) is 1. The Morgan fingerprint density at radius 3 is 2.48 bits per heavy atom. The van der Waals surface area contributed by atoms with Gasteiger partial charge in [0.1, 0.15) is 11.6 Å². The van der Waals surface area contributed by atoms with E-state index in [2.05, 4.69) is 24.3 Å². The van der Waals surface area contributed by atoms with Crippen LogP contribution in [-0.2, 0) is 12.8 Å². The average molecular weight is 287 g/mol. The zero-order valence-corrected chi connectivity index (χ0v) is 12.2. The van der Waals surface area contributed by atoms with Crippen LogP contribution in [-0.4, -0.2) is 13.2 Å². The molecule has 112 valence electrons. The third-order valence-corrected chi connectivity index (χ3v) is 3.34. The van der Waals surface area contributed by atoms with E-state index in [1.807, 2.05) is 12.1 Å². The van der Waals surface area contributed by atoms with Crippen molar-refractivity contribution in [1.29, 1.82) is 0 Å². The standard InChI is InChI=1S/C18H22FNO/c19-17-12-16(9-10-20)13-18(14-17)21-11-5-4-8-15-6-2-1-3-7-15/h1-3,6-7,12-14H,4-5,8-11,20H2. The number of aryl methyl sites for hydroxylation is 1. The summed E-state index contributed by atoms with van der Waals surface area (Å²) in [5.74, 6) is 0.332. The maximum absolute atomic E-state index is 13.4. The van der Waals surface area contributed by atoms with Gasteiger partial charge in [-0.1, -0.05) is 30.3 Å². The molecule has 0 unspecified atom stereocenters. The number of halogens is 1. The van der Waals surface area contributed by atoms with Gasteiger partial charge < -0.3 is 10.5 Å². The zero-order chi connectivity index (χ0) is 14.9. The van der Waals surface area contributed by atoms with Crippen LogP contribution in [0.5, 0.6) is 5.75 Å². The van der Waals surface area contributed by atoms with Crippen LogP contribution in [0.1, 0.15) is 24.0 Å². The lowest BCUT2D eigenvalue weighted by Crippen LogP contribution is -2.04. The van der Waals surface area contributed by atoms with Gasteiger partial charge in [-0.3, -0.25) is 0 Å². The zero-order valence-electron chi connectivity index (χ0n) is 12.2. The molecule has 3 heteroatoms. The van der Waals surface area contributed by atoms with Crippen LogP contribution in [0.25, 0.3) is 0 Å². The number of benzene rings is 2. The van der Waals surface area contributed by atoms with Crippen molar-refractivity contribution in [3.8, 4) is 5.75 Å². The third kappa shape index (κ3) is 5.56. The maximum atomic E-state index is 13.4. The van der Waals surface area contributed by atoms with Crippen LogP contribution in [0.4, 0.5) is 4.39 Å². The summed E-state index contributed by atoms with van der Waals surface area (Å²) in [6.45, 7) is 1.12. The third-order valence-electron chi connectivity index (χ3n) is 3.34. The van der Waals surface area contributed by atoms with Gasteiger partial charge >= 0.3 is 0 Å². The van der Waals surface area contributed by atoms with E-state index in [1.54, 1.807) is 0 Å². The molecular weight excluding hydrogens is 265 g/mol. The second kappa shape index (κ2) is 8.42. The highest BCUT2D eigenvalue weighted by Crippen LogP contribution is 2.17. The monoisotopic (exact) mass is 287 g/mol. The number of nitrogens with two attached hydrogens (primary N) is 1. The van der Waals surface area contributed by atoms with Crippen LogP contribution in [0, 0.1) is 5.82 Å². The first-order valence-electron chi connectivity index (χ1n) is 7.44. The molecule has 2 aromatic carbocycles. The highest BCUT2D eigenvalue weighted by atomic mass is 19.1. The van der Waals surface area contributed by atoms with Crippen LogP contribution in [0.3, 0.4) is 0 Å². The minimum absolute atomic E-state index is 0.264. The molecule has 2 rings (SSSR count). The minimum Gasteiger partial charge on any atom is -0.493 e. The molecule has 0 radical (unpaired) electrons. The molecule has 0 spiro atoms. The van der Waals surface area contributed by atoms with Crippen molar-refractivity contribution in [2.45, 2.75) is 25.7 Å². The number of hydrogen-bond donors (Lipinski definition) is 1. The quantitative estimate of drug-likeness (QED) is 0.751. The molecule has 0 bridgehead atoms. The highest BCUT2D eigenvalue weighted by Gasteiger charge is 2.02. The first kappa shape index (κ1) is 15.5. The molecule has 2 aromatic rings. The Morgan fingerprint density at radius 1 is 0.905 bits per heavy atom. The fourth-order valence-corrected chi connectivity index (χ4v) is 2.28. The van der Waals surface area contributed by atoms with Crippen molar-refractivity contribution >= 4 is 0 Å². The summed E-state index contributed by atoms with van der Waals surface area (Å²) in [6.07, 6.45) is 3.74. The van der Waals surface area contributed by atoms with Crippen LogP contribution in [0.15, 0.2) is 48.5 Å². The van der Waals surface area contributed by atoms with Crippen molar-refractivity contribution in [3.05, 3.63) is 65.5 Å². The smallest absolute Gasteiger partial charge is 0.127 e. The van der Waals surface area contributed by atoms with Crippen LogP contribution < -0.4 is 10.5 Å². The van der Waals surface area contributed by atoms with Gasteiger partial charge in [-0.2, -0.15) is 0 Å². The van der Waals surface area contributed by atoms with E-state index in [1.165, 1.54) is 17.7 Å². The molecule has 0 heterocycles. The topological polar surface area (TPSA) is 35.2 Å². The molecule has 0 aliphatic heterocycles. The molecule has 2 N–H and O–H groups in total. The number of ether oxygens (including phenoxy) is 1. The Balaban J connectivity index is 1.73. The van der Waals surface area contributed by atoms with E-state index >= 15 is 0 Å². The normalized spacial score (nSPS) is 10.6. The largest absolute Gasteiger partial charge is 0.493 e. The van der Waals surface area contributed by atoms with Gasteiger partial charge in [0.2, 0.25) is 0 Å². The minimum atomic E-state index is -0.264. The molecule has 0 atom stereocenters. The van der Waals surface area contributed by atoms with E-state index in [4.69, 9.17) is 10.5 Å². The van der Waals surface area contributed by atoms with Crippen molar-refractivity contribution in [3.63, 3.8) is 0 Å². The first-order chi connectivity index (χ1) is 10.3. The molecule has 2 nitrogen and oxygen atoms in total. The van der Waals surface area contributed by atoms with Crippen molar-refractivity contribution < 1.29 is 9.13 Å². The van der Waals surface area contributed by atoms with Gasteiger partial charge in [-0.05, 0) is 55.5 Å². The van der Waals surface area contributed by atoms with E-state index in [0.29, 0.717) is 25.3 Å². The Hall–Kier alpha value is -1.87. The van der Waals surface area contributed by atoms with Crippen molar-refractivity contribution in [2.24, 2.45) is 5.73 Å². The highest BCUT2D eigenvalue weighted by molar-refractivity contribution is 5.29. The summed E-state index contributed by atoms with van der Waals surface area (Å²) >= 11 is 0. The van der Waals surface area contributed by atoms with Gasteiger partial charge in [0.05, 0.1) is 6.61 Å². The summed E-state index contributed by atoms with van der Waals surface area (Å²) in [4.78, 5) is 0. The molecule has 0 saturated carbocycles. The van der Waals surface area contributed by atoms with Crippen LogP contribution in [0.2, 0.25) is 0 Å². The SMILES string of the molecule is NCCc1cc(F)cc(OCCCCc2ccccc2)c1. The summed E-state index contributed by atoms with van der Waals surface area (Å²) in [5.41, 5.74) is 7.72. The fourth-order valence-electron chi connectivity index (χ4n) is 2.28. The number of rotatable bonds is 8. The predicted octanol–water partition coefficient (Wildman–Crippen LogP) is 3.73. The van der Waals surface area contributed by atoms with Crippen molar-refractivity contribution in [1.82, 2.24) is 0 Å². The Morgan fingerprint density at radius 2 is 1.71 bits per heavy atom. The molecule has 0 aromatic heterocycles. The molecule has 0 saturated heterocycles. The van der Waals surface area contributed by atoms with E-state index < -0.39 is 0 Å². The molecule has 0 aliphatic carbocycles. The molecule has 0 fully saturated rings. The molecule has 0 aliphatic rings. The fraction of sp³-hybridized carbons (Fsp3) is 0.333. The lowest BCUT2D eigenvalue weighted by molar-refractivity contribution is 0.305. The van der Waals surface area contributed by atoms with Gasteiger partial charge in [0, 0.05) is 6.07 Å². The van der Waals surface area contributed by atoms with Crippen LogP contribution >= 0.6 is 0 Å². The molecular formula is C18H22FNO. The predicted molar refractivity (Wildman–Crippen MR) is 84.0 cm³/mol. The average Bonchev–Trinajstić information content (AvgIpc) is 2.48. The van der Waals surface area contributed by atoms with Gasteiger partial charge in [0.15, 0.2) is 0 Å². The maximum Gasteiger partial charge on any atom is 0.127 e. The van der Waals surface area contributed by atoms with E-state index in [-0.39, 0.29) is 5.82 Å². The second-order valence-corrected chi connectivity index (χ2v) is 5.13. The molecule has 0 amide bonds. The van der Waals surface area contributed by atoms with Gasteiger partial charge in [-0.15, -0.1) is 0 Å².